The fourth-order valence-electron chi connectivity index (χ4n) is 4.56. The second kappa shape index (κ2) is 10.3. The molecule has 3 rings (SSSR count). The van der Waals surface area contributed by atoms with Crippen LogP contribution < -0.4 is 5.32 Å². The van der Waals surface area contributed by atoms with Crippen LogP contribution in [0.1, 0.15) is 64.5 Å². The third-order valence-electron chi connectivity index (χ3n) is 6.51. The fraction of sp³-hybridized carbons (Fsp3) is 0.538. The van der Waals surface area contributed by atoms with E-state index < -0.39 is 6.09 Å². The van der Waals surface area contributed by atoms with Crippen molar-refractivity contribution in [2.75, 3.05) is 6.54 Å². The van der Waals surface area contributed by atoms with E-state index in [1.807, 2.05) is 33.2 Å². The molecule has 1 aromatic heterocycles. The minimum atomic E-state index is -0.811. The Morgan fingerprint density at radius 3 is 2.32 bits per heavy atom. The van der Waals surface area contributed by atoms with Gasteiger partial charge >= 0.3 is 6.09 Å². The van der Waals surface area contributed by atoms with E-state index in [2.05, 4.69) is 47.6 Å². The zero-order valence-corrected chi connectivity index (χ0v) is 19.4. The molecule has 31 heavy (non-hydrogen) atoms. The van der Waals surface area contributed by atoms with Crippen LogP contribution in [0.15, 0.2) is 42.7 Å². The van der Waals surface area contributed by atoms with Gasteiger partial charge in [0.2, 0.25) is 0 Å². The molecule has 1 aliphatic carbocycles. The summed E-state index contributed by atoms with van der Waals surface area (Å²) >= 11 is 0. The van der Waals surface area contributed by atoms with Crippen LogP contribution in [-0.2, 0) is 13.0 Å². The molecule has 0 saturated heterocycles. The van der Waals surface area contributed by atoms with Crippen molar-refractivity contribution in [1.29, 1.82) is 0 Å². The largest absolute Gasteiger partial charge is 0.465 e. The predicted molar refractivity (Wildman–Crippen MR) is 126 cm³/mol. The highest BCUT2D eigenvalue weighted by Gasteiger charge is 2.30. The molecular weight excluding hydrogens is 386 g/mol. The summed E-state index contributed by atoms with van der Waals surface area (Å²) in [6.07, 6.45) is 8.26. The molecule has 0 bridgehead atoms. The number of aryl methyl sites for hydroxylation is 1. The first kappa shape index (κ1) is 23.3. The summed E-state index contributed by atoms with van der Waals surface area (Å²) in [5.74, 6) is 0.453. The average molecular weight is 424 g/mol. The topological polar surface area (TPSA) is 65.5 Å². The van der Waals surface area contributed by atoms with Crippen molar-refractivity contribution in [2.24, 2.45) is 5.92 Å². The Kier molecular flexibility index (Phi) is 7.71. The van der Waals surface area contributed by atoms with Crippen molar-refractivity contribution in [2.45, 2.75) is 77.9 Å². The van der Waals surface area contributed by atoms with Gasteiger partial charge in [-0.2, -0.15) is 0 Å². The van der Waals surface area contributed by atoms with Crippen molar-refractivity contribution in [3.63, 3.8) is 0 Å². The Balaban J connectivity index is 1.56. The van der Waals surface area contributed by atoms with Crippen LogP contribution in [0.2, 0.25) is 0 Å². The minimum absolute atomic E-state index is 0.350. The molecule has 0 aliphatic heterocycles. The predicted octanol–water partition coefficient (Wildman–Crippen LogP) is 5.74. The maximum Gasteiger partial charge on any atom is 0.407 e. The van der Waals surface area contributed by atoms with E-state index in [1.54, 1.807) is 4.90 Å². The van der Waals surface area contributed by atoms with Gasteiger partial charge in [0, 0.05) is 37.1 Å². The van der Waals surface area contributed by atoms with Gasteiger partial charge in [-0.3, -0.25) is 4.98 Å². The zero-order chi connectivity index (χ0) is 22.4. The van der Waals surface area contributed by atoms with Gasteiger partial charge in [-0.15, -0.1) is 0 Å². The van der Waals surface area contributed by atoms with E-state index in [0.29, 0.717) is 18.5 Å². The summed E-state index contributed by atoms with van der Waals surface area (Å²) in [4.78, 5) is 17.4. The number of pyridine rings is 1. The minimum Gasteiger partial charge on any atom is -0.465 e. The van der Waals surface area contributed by atoms with E-state index in [1.165, 1.54) is 22.3 Å². The van der Waals surface area contributed by atoms with Gasteiger partial charge in [0.15, 0.2) is 0 Å². The Morgan fingerprint density at radius 2 is 1.74 bits per heavy atom. The highest BCUT2D eigenvalue weighted by molar-refractivity contribution is 5.66. The number of amides is 1. The molecule has 168 valence electrons. The lowest BCUT2D eigenvalue weighted by Crippen LogP contribution is -2.48. The number of nitrogens with zero attached hydrogens (tertiary/aromatic N) is 2. The smallest absolute Gasteiger partial charge is 0.407 e. The SMILES string of the molecule is CCc1ccc(-c2ccncc2)cc1CNC1CCC(CN(C(=O)O)C(C)(C)C)CC1. The number of carbonyl (C=O) groups is 1. The molecule has 1 aliphatic rings. The summed E-state index contributed by atoms with van der Waals surface area (Å²) in [5.41, 5.74) is 4.83. The van der Waals surface area contributed by atoms with E-state index in [-0.39, 0.29) is 5.54 Å². The lowest BCUT2D eigenvalue weighted by molar-refractivity contribution is 0.0812. The first-order valence-electron chi connectivity index (χ1n) is 11.5. The summed E-state index contributed by atoms with van der Waals surface area (Å²) in [7, 11) is 0. The number of hydrogen-bond donors (Lipinski definition) is 2. The maximum atomic E-state index is 11.6. The van der Waals surface area contributed by atoms with Crippen LogP contribution in [0.4, 0.5) is 4.79 Å². The molecule has 1 fully saturated rings. The Labute approximate surface area is 186 Å². The monoisotopic (exact) mass is 423 g/mol. The maximum absolute atomic E-state index is 11.6. The number of nitrogens with one attached hydrogen (secondary N) is 1. The molecular formula is C26H37N3O2. The molecule has 5 heteroatoms. The van der Waals surface area contributed by atoms with E-state index in [9.17, 15) is 9.90 Å². The second-order valence-corrected chi connectivity index (χ2v) is 9.74. The van der Waals surface area contributed by atoms with Crippen molar-refractivity contribution in [3.8, 4) is 11.1 Å². The number of benzene rings is 1. The average Bonchev–Trinajstić information content (AvgIpc) is 2.76. The van der Waals surface area contributed by atoms with E-state index in [4.69, 9.17) is 0 Å². The summed E-state index contributed by atoms with van der Waals surface area (Å²) in [6.45, 7) is 9.64. The Morgan fingerprint density at radius 1 is 1.06 bits per heavy atom. The summed E-state index contributed by atoms with van der Waals surface area (Å²) in [6, 6.07) is 11.4. The van der Waals surface area contributed by atoms with Crippen LogP contribution in [0.5, 0.6) is 0 Å². The first-order chi connectivity index (χ1) is 14.8. The summed E-state index contributed by atoms with van der Waals surface area (Å²) in [5, 5.41) is 13.3. The highest BCUT2D eigenvalue weighted by Crippen LogP contribution is 2.28. The van der Waals surface area contributed by atoms with Gasteiger partial charge < -0.3 is 15.3 Å². The lowest BCUT2D eigenvalue weighted by atomic mass is 9.85. The van der Waals surface area contributed by atoms with Crippen LogP contribution >= 0.6 is 0 Å². The molecule has 1 heterocycles. The molecule has 0 spiro atoms. The van der Waals surface area contributed by atoms with Crippen LogP contribution in [0.25, 0.3) is 11.1 Å². The second-order valence-electron chi connectivity index (χ2n) is 9.74. The fourth-order valence-corrected chi connectivity index (χ4v) is 4.56. The van der Waals surface area contributed by atoms with Crippen LogP contribution in [-0.4, -0.2) is 39.2 Å². The van der Waals surface area contributed by atoms with Gasteiger partial charge in [-0.1, -0.05) is 19.1 Å². The van der Waals surface area contributed by atoms with E-state index >= 15 is 0 Å². The number of hydrogen-bond acceptors (Lipinski definition) is 3. The van der Waals surface area contributed by atoms with Crippen LogP contribution in [0.3, 0.4) is 0 Å². The molecule has 0 unspecified atom stereocenters. The normalized spacial score (nSPS) is 19.2. The van der Waals surface area contributed by atoms with Gasteiger partial charge in [0.25, 0.3) is 0 Å². The number of rotatable bonds is 7. The molecule has 5 nitrogen and oxygen atoms in total. The quantitative estimate of drug-likeness (QED) is 0.596. The standard InChI is InChI=1S/C26H37N3O2/c1-5-20-8-9-22(21-12-14-27-15-13-21)16-23(20)17-28-24-10-6-19(7-11-24)18-29(25(30)31)26(2,3)4/h8-9,12-16,19,24,28H,5-7,10-11,17-18H2,1-4H3,(H,30,31). The molecule has 1 aromatic carbocycles. The van der Waals surface area contributed by atoms with Gasteiger partial charge in [-0.25, -0.2) is 4.79 Å². The van der Waals surface area contributed by atoms with E-state index in [0.717, 1.165) is 38.6 Å². The van der Waals surface area contributed by atoms with Gasteiger partial charge in [0.05, 0.1) is 0 Å². The summed E-state index contributed by atoms with van der Waals surface area (Å²) < 4.78 is 0. The van der Waals surface area contributed by atoms with Crippen molar-refractivity contribution < 1.29 is 9.90 Å². The molecule has 2 aromatic rings. The van der Waals surface area contributed by atoms with Crippen molar-refractivity contribution in [1.82, 2.24) is 15.2 Å². The number of aromatic nitrogens is 1. The third-order valence-corrected chi connectivity index (χ3v) is 6.51. The number of carboxylic acid groups (broad SMARTS) is 1. The molecule has 1 saturated carbocycles. The van der Waals surface area contributed by atoms with Crippen LogP contribution in [0, 0.1) is 5.92 Å². The molecule has 1 amide bonds. The van der Waals surface area contributed by atoms with Crippen molar-refractivity contribution in [3.05, 3.63) is 53.9 Å². The zero-order valence-electron chi connectivity index (χ0n) is 19.4. The Hall–Kier alpha value is -2.40. The highest BCUT2D eigenvalue weighted by atomic mass is 16.4. The molecule has 0 radical (unpaired) electrons. The Bertz CT molecular complexity index is 853. The molecule has 2 N–H and O–H groups in total. The van der Waals surface area contributed by atoms with Gasteiger partial charge in [-0.05, 0) is 99.2 Å². The van der Waals surface area contributed by atoms with Crippen molar-refractivity contribution >= 4 is 6.09 Å². The lowest BCUT2D eigenvalue weighted by Gasteiger charge is -2.38. The third kappa shape index (κ3) is 6.30. The molecule has 0 atom stereocenters. The van der Waals surface area contributed by atoms with Gasteiger partial charge in [0.1, 0.15) is 0 Å². The first-order valence-corrected chi connectivity index (χ1v) is 11.5.